The van der Waals surface area contributed by atoms with Crippen LogP contribution < -0.4 is 10.6 Å². The van der Waals surface area contributed by atoms with Crippen LogP contribution in [0.4, 0.5) is 10.6 Å². The van der Waals surface area contributed by atoms with Crippen molar-refractivity contribution in [1.29, 1.82) is 0 Å². The fraction of sp³-hybridized carbons (Fsp3) is 0.583. The summed E-state index contributed by atoms with van der Waals surface area (Å²) in [6.07, 6.45) is 2.40. The van der Waals surface area contributed by atoms with Crippen LogP contribution in [0.5, 0.6) is 0 Å². The third kappa shape index (κ3) is 4.27. The summed E-state index contributed by atoms with van der Waals surface area (Å²) in [5.41, 5.74) is 0.260. The summed E-state index contributed by atoms with van der Waals surface area (Å²) in [7, 11) is 0. The van der Waals surface area contributed by atoms with Crippen LogP contribution in [0.15, 0.2) is 6.20 Å². The molecule has 19 heavy (non-hydrogen) atoms. The predicted octanol–water partition coefficient (Wildman–Crippen LogP) is 1.61. The number of nitrogens with one attached hydrogen (secondary N) is 2. The van der Waals surface area contributed by atoms with E-state index in [0.29, 0.717) is 13.1 Å². The number of amides is 2. The third-order valence-electron chi connectivity index (χ3n) is 2.35. The Morgan fingerprint density at radius 3 is 2.68 bits per heavy atom. The van der Waals surface area contributed by atoms with E-state index in [1.165, 1.54) is 0 Å². The molecular formula is C12H20N4O3. The summed E-state index contributed by atoms with van der Waals surface area (Å²) in [4.78, 5) is 23.3. The smallest absolute Gasteiger partial charge is 0.343 e. The summed E-state index contributed by atoms with van der Waals surface area (Å²) >= 11 is 0. The quantitative estimate of drug-likeness (QED) is 0.767. The number of aromatic nitrogens is 2. The molecule has 7 nitrogen and oxygen atoms in total. The van der Waals surface area contributed by atoms with Crippen LogP contribution in [-0.4, -0.2) is 34.9 Å². The summed E-state index contributed by atoms with van der Waals surface area (Å²) in [6, 6.07) is -0.381. The van der Waals surface area contributed by atoms with Crippen molar-refractivity contribution in [3.05, 3.63) is 11.8 Å². The van der Waals surface area contributed by atoms with Gasteiger partial charge in [-0.3, -0.25) is 10.00 Å². The molecule has 0 atom stereocenters. The lowest BCUT2D eigenvalue weighted by Gasteiger charge is -2.05. The van der Waals surface area contributed by atoms with Crippen LogP contribution in [0.3, 0.4) is 0 Å². The van der Waals surface area contributed by atoms with Gasteiger partial charge in [-0.05, 0) is 20.3 Å². The van der Waals surface area contributed by atoms with Gasteiger partial charge in [-0.25, -0.2) is 9.59 Å². The van der Waals surface area contributed by atoms with Gasteiger partial charge in [0.05, 0.1) is 6.61 Å². The second kappa shape index (κ2) is 7.40. The largest absolute Gasteiger partial charge is 0.462 e. The molecule has 0 aromatic carbocycles. The monoisotopic (exact) mass is 268 g/mol. The van der Waals surface area contributed by atoms with E-state index >= 15 is 0 Å². The molecule has 0 aliphatic heterocycles. The van der Waals surface area contributed by atoms with Crippen LogP contribution in [0.2, 0.25) is 0 Å². The Morgan fingerprint density at radius 2 is 2.11 bits per heavy atom. The van der Waals surface area contributed by atoms with Crippen molar-refractivity contribution in [3.63, 3.8) is 0 Å². The van der Waals surface area contributed by atoms with Crippen LogP contribution in [-0.2, 0) is 11.3 Å². The van der Waals surface area contributed by atoms with E-state index in [1.54, 1.807) is 17.8 Å². The molecule has 0 unspecified atom stereocenters. The molecule has 0 fully saturated rings. The van der Waals surface area contributed by atoms with E-state index in [0.717, 1.165) is 6.42 Å². The number of rotatable bonds is 6. The van der Waals surface area contributed by atoms with Crippen molar-refractivity contribution in [2.75, 3.05) is 18.5 Å². The lowest BCUT2D eigenvalue weighted by Crippen LogP contribution is -2.30. The van der Waals surface area contributed by atoms with Gasteiger partial charge in [0.2, 0.25) is 0 Å². The number of hydrogen-bond acceptors (Lipinski definition) is 4. The summed E-state index contributed by atoms with van der Waals surface area (Å²) in [5, 5.41) is 9.34. The van der Waals surface area contributed by atoms with Gasteiger partial charge in [0.1, 0.15) is 5.56 Å². The topological polar surface area (TPSA) is 85.3 Å². The highest BCUT2D eigenvalue weighted by molar-refractivity contribution is 5.99. The van der Waals surface area contributed by atoms with Crippen molar-refractivity contribution in [3.8, 4) is 0 Å². The van der Waals surface area contributed by atoms with Gasteiger partial charge in [0.15, 0.2) is 5.82 Å². The first-order valence-electron chi connectivity index (χ1n) is 6.41. The van der Waals surface area contributed by atoms with Gasteiger partial charge in [-0.15, -0.1) is 0 Å². The van der Waals surface area contributed by atoms with Crippen molar-refractivity contribution in [2.24, 2.45) is 0 Å². The summed E-state index contributed by atoms with van der Waals surface area (Å²) in [6.45, 7) is 7.01. The number of ether oxygens (including phenoxy) is 1. The second-order valence-electron chi connectivity index (χ2n) is 3.85. The molecule has 2 N–H and O–H groups in total. The maximum Gasteiger partial charge on any atom is 0.343 e. The first-order chi connectivity index (χ1) is 9.12. The van der Waals surface area contributed by atoms with Gasteiger partial charge in [0, 0.05) is 19.3 Å². The number of urea groups is 1. The molecule has 0 aliphatic rings. The van der Waals surface area contributed by atoms with E-state index in [4.69, 9.17) is 4.74 Å². The number of anilines is 1. The van der Waals surface area contributed by atoms with E-state index in [-0.39, 0.29) is 24.0 Å². The molecule has 0 bridgehead atoms. The zero-order chi connectivity index (χ0) is 14.3. The van der Waals surface area contributed by atoms with Crippen molar-refractivity contribution in [1.82, 2.24) is 15.1 Å². The molecule has 1 aromatic rings. The maximum atomic E-state index is 11.7. The Morgan fingerprint density at radius 1 is 1.37 bits per heavy atom. The third-order valence-corrected chi connectivity index (χ3v) is 2.35. The Bertz CT molecular complexity index is 442. The van der Waals surface area contributed by atoms with E-state index in [1.807, 2.05) is 13.8 Å². The Balaban J connectivity index is 2.82. The summed E-state index contributed by atoms with van der Waals surface area (Å²) in [5.74, 6) is -0.276. The molecule has 0 radical (unpaired) electrons. The molecule has 0 saturated carbocycles. The SMILES string of the molecule is CCCNC(=O)Nc1nn(CC)cc1C(=O)OCC. The fourth-order valence-corrected chi connectivity index (χ4v) is 1.42. The van der Waals surface area contributed by atoms with E-state index in [9.17, 15) is 9.59 Å². The zero-order valence-corrected chi connectivity index (χ0v) is 11.5. The minimum Gasteiger partial charge on any atom is -0.462 e. The number of hydrogen-bond donors (Lipinski definition) is 2. The standard InChI is InChI=1S/C12H20N4O3/c1-4-7-13-12(18)14-10-9(11(17)19-6-3)8-16(5-2)15-10/h8H,4-7H2,1-3H3,(H2,13,14,15,18). The predicted molar refractivity (Wildman–Crippen MR) is 71.2 cm³/mol. The van der Waals surface area contributed by atoms with Gasteiger partial charge in [0.25, 0.3) is 0 Å². The van der Waals surface area contributed by atoms with Crippen LogP contribution in [0.1, 0.15) is 37.6 Å². The highest BCUT2D eigenvalue weighted by atomic mass is 16.5. The van der Waals surface area contributed by atoms with Crippen LogP contribution in [0, 0.1) is 0 Å². The minimum atomic E-state index is -0.493. The lowest BCUT2D eigenvalue weighted by atomic mass is 10.3. The normalized spacial score (nSPS) is 10.1. The number of carbonyl (C=O) groups is 2. The van der Waals surface area contributed by atoms with Crippen LogP contribution in [0.25, 0.3) is 0 Å². The van der Waals surface area contributed by atoms with Crippen molar-refractivity contribution >= 4 is 17.8 Å². The Labute approximate surface area is 112 Å². The molecule has 1 heterocycles. The lowest BCUT2D eigenvalue weighted by molar-refractivity contribution is 0.0527. The molecule has 1 rings (SSSR count). The van der Waals surface area contributed by atoms with Gasteiger partial charge < -0.3 is 10.1 Å². The highest BCUT2D eigenvalue weighted by Gasteiger charge is 2.18. The highest BCUT2D eigenvalue weighted by Crippen LogP contribution is 2.14. The first kappa shape index (κ1) is 15.0. The maximum absolute atomic E-state index is 11.7. The Kier molecular flexibility index (Phi) is 5.84. The van der Waals surface area contributed by atoms with Crippen LogP contribution >= 0.6 is 0 Å². The average molecular weight is 268 g/mol. The molecule has 0 aliphatic carbocycles. The average Bonchev–Trinajstić information content (AvgIpc) is 2.79. The molecular weight excluding hydrogens is 248 g/mol. The van der Waals surface area contributed by atoms with Gasteiger partial charge in [-0.1, -0.05) is 6.92 Å². The molecule has 106 valence electrons. The second-order valence-corrected chi connectivity index (χ2v) is 3.85. The number of aryl methyl sites for hydroxylation is 1. The number of nitrogens with zero attached hydrogens (tertiary/aromatic N) is 2. The first-order valence-corrected chi connectivity index (χ1v) is 6.41. The molecule has 2 amide bonds. The van der Waals surface area contributed by atoms with Crippen molar-refractivity contribution < 1.29 is 14.3 Å². The summed E-state index contributed by atoms with van der Waals surface area (Å²) < 4.78 is 6.50. The van der Waals surface area contributed by atoms with E-state index < -0.39 is 5.97 Å². The van der Waals surface area contributed by atoms with Gasteiger partial charge in [-0.2, -0.15) is 5.10 Å². The Hall–Kier alpha value is -2.05. The zero-order valence-electron chi connectivity index (χ0n) is 11.5. The van der Waals surface area contributed by atoms with Crippen molar-refractivity contribution in [2.45, 2.75) is 33.7 Å². The van der Waals surface area contributed by atoms with E-state index in [2.05, 4.69) is 15.7 Å². The molecule has 0 saturated heterocycles. The molecule has 7 heteroatoms. The molecule has 0 spiro atoms. The molecule has 1 aromatic heterocycles. The number of carbonyl (C=O) groups excluding carboxylic acids is 2. The fourth-order valence-electron chi connectivity index (χ4n) is 1.42. The number of esters is 1. The van der Waals surface area contributed by atoms with Gasteiger partial charge >= 0.3 is 12.0 Å². The minimum absolute atomic E-state index is 0.217.